The molecule has 0 bridgehead atoms. The summed E-state index contributed by atoms with van der Waals surface area (Å²) in [5.41, 5.74) is 0. The molecule has 0 amide bonds. The van der Waals surface area contributed by atoms with Crippen LogP contribution in [0.5, 0.6) is 0 Å². The number of hydrogen-bond acceptors (Lipinski definition) is 5. The number of hydrogen-bond donors (Lipinski definition) is 0. The van der Waals surface area contributed by atoms with Crippen molar-refractivity contribution in [1.29, 1.82) is 0 Å². The monoisotopic (exact) mass is 293 g/mol. The summed E-state index contributed by atoms with van der Waals surface area (Å²) in [6, 6.07) is 0. The topological polar surface area (TPSA) is 46.4 Å². The van der Waals surface area contributed by atoms with Gasteiger partial charge >= 0.3 is 0 Å². The lowest BCUT2D eigenvalue weighted by Crippen LogP contribution is -2.42. The van der Waals surface area contributed by atoms with Crippen LogP contribution in [0, 0.1) is 12.8 Å². The van der Waals surface area contributed by atoms with Gasteiger partial charge in [0.1, 0.15) is 11.6 Å². The van der Waals surface area contributed by atoms with Crippen LogP contribution in [0.2, 0.25) is 0 Å². The molecule has 2 aliphatic rings. The van der Waals surface area contributed by atoms with Crippen molar-refractivity contribution in [2.75, 3.05) is 45.9 Å². The predicted molar refractivity (Wildman–Crippen MR) is 81.0 cm³/mol. The van der Waals surface area contributed by atoms with E-state index in [2.05, 4.69) is 31.6 Å². The number of piperidine rings is 1. The van der Waals surface area contributed by atoms with E-state index in [1.54, 1.807) is 0 Å². The van der Waals surface area contributed by atoms with E-state index in [1.165, 1.54) is 32.5 Å². The molecule has 0 atom stereocenters. The van der Waals surface area contributed by atoms with Gasteiger partial charge in [0.15, 0.2) is 0 Å². The average molecular weight is 293 g/mol. The summed E-state index contributed by atoms with van der Waals surface area (Å²) in [7, 11) is 2.05. The fourth-order valence-corrected chi connectivity index (χ4v) is 3.26. The van der Waals surface area contributed by atoms with E-state index < -0.39 is 0 Å². The van der Waals surface area contributed by atoms with Crippen LogP contribution in [-0.4, -0.2) is 70.5 Å². The first kappa shape index (κ1) is 14.9. The first-order valence-electron chi connectivity index (χ1n) is 8.09. The molecule has 2 saturated heterocycles. The van der Waals surface area contributed by atoms with E-state index >= 15 is 0 Å². The summed E-state index contributed by atoms with van der Waals surface area (Å²) in [5, 5.41) is 8.41. The highest BCUT2D eigenvalue weighted by atomic mass is 16.5. The highest BCUT2D eigenvalue weighted by Gasteiger charge is 2.23. The molecule has 3 heterocycles. The summed E-state index contributed by atoms with van der Waals surface area (Å²) in [6.07, 6.45) is 2.60. The summed E-state index contributed by atoms with van der Waals surface area (Å²) in [4.78, 5) is 5.08. The lowest BCUT2D eigenvalue weighted by atomic mass is 9.96. The molecule has 0 aliphatic carbocycles. The maximum Gasteiger partial charge on any atom is 0.146 e. The van der Waals surface area contributed by atoms with Gasteiger partial charge in [0.05, 0.1) is 19.8 Å². The molecule has 0 radical (unpaired) electrons. The molecule has 0 N–H and O–H groups in total. The lowest BCUT2D eigenvalue weighted by molar-refractivity contribution is 0.0240. The highest BCUT2D eigenvalue weighted by molar-refractivity contribution is 4.93. The normalized spacial score (nSPS) is 22.8. The molecule has 0 aromatic carbocycles. The van der Waals surface area contributed by atoms with E-state index in [0.717, 1.165) is 50.4 Å². The van der Waals surface area contributed by atoms with Gasteiger partial charge in [0.2, 0.25) is 0 Å². The van der Waals surface area contributed by atoms with Gasteiger partial charge in [-0.2, -0.15) is 0 Å². The third-order valence-electron chi connectivity index (χ3n) is 4.88. The fourth-order valence-electron chi connectivity index (χ4n) is 3.26. The minimum Gasteiger partial charge on any atom is -0.379 e. The number of likely N-dealkylation sites (tertiary alicyclic amines) is 1. The number of aromatic nitrogens is 3. The molecule has 6 nitrogen and oxygen atoms in total. The van der Waals surface area contributed by atoms with Gasteiger partial charge in [0, 0.05) is 26.7 Å². The Morgan fingerprint density at radius 2 is 1.76 bits per heavy atom. The smallest absolute Gasteiger partial charge is 0.146 e. The van der Waals surface area contributed by atoms with E-state index in [1.807, 2.05) is 6.92 Å². The summed E-state index contributed by atoms with van der Waals surface area (Å²) in [6.45, 7) is 10.6. The van der Waals surface area contributed by atoms with Crippen molar-refractivity contribution in [2.45, 2.75) is 26.3 Å². The van der Waals surface area contributed by atoms with Crippen molar-refractivity contribution < 1.29 is 4.74 Å². The Hall–Kier alpha value is -0.980. The van der Waals surface area contributed by atoms with Gasteiger partial charge in [-0.15, -0.1) is 10.2 Å². The molecule has 21 heavy (non-hydrogen) atoms. The molecule has 0 saturated carbocycles. The van der Waals surface area contributed by atoms with Crippen molar-refractivity contribution in [3.8, 4) is 0 Å². The lowest BCUT2D eigenvalue weighted by Gasteiger charge is -2.35. The largest absolute Gasteiger partial charge is 0.379 e. The number of morpholine rings is 1. The van der Waals surface area contributed by atoms with Crippen molar-refractivity contribution in [2.24, 2.45) is 13.0 Å². The Kier molecular flexibility index (Phi) is 4.87. The zero-order valence-electron chi connectivity index (χ0n) is 13.3. The van der Waals surface area contributed by atoms with Crippen LogP contribution < -0.4 is 0 Å². The van der Waals surface area contributed by atoms with Crippen molar-refractivity contribution in [3.63, 3.8) is 0 Å². The van der Waals surface area contributed by atoms with E-state index in [-0.39, 0.29) is 0 Å². The van der Waals surface area contributed by atoms with Gasteiger partial charge in [-0.3, -0.25) is 9.80 Å². The first-order valence-corrected chi connectivity index (χ1v) is 8.09. The van der Waals surface area contributed by atoms with E-state index in [0.29, 0.717) is 0 Å². The van der Waals surface area contributed by atoms with Gasteiger partial charge < -0.3 is 9.30 Å². The Balaban J connectivity index is 1.43. The van der Waals surface area contributed by atoms with Crippen LogP contribution >= 0.6 is 0 Å². The van der Waals surface area contributed by atoms with Crippen molar-refractivity contribution in [3.05, 3.63) is 11.6 Å². The van der Waals surface area contributed by atoms with Gasteiger partial charge in [-0.1, -0.05) is 0 Å². The SMILES string of the molecule is Cc1nnc(CN2CCC(CN3CCOCC3)CC2)n1C. The Bertz CT molecular complexity index is 447. The Morgan fingerprint density at radius 3 is 2.38 bits per heavy atom. The minimum absolute atomic E-state index is 0.848. The molecular formula is C15H27N5O. The Labute approximate surface area is 127 Å². The molecule has 1 aromatic rings. The predicted octanol–water partition coefficient (Wildman–Crippen LogP) is 0.668. The average Bonchev–Trinajstić information content (AvgIpc) is 2.82. The molecule has 6 heteroatoms. The molecule has 118 valence electrons. The minimum atomic E-state index is 0.848. The molecule has 3 rings (SSSR count). The molecule has 0 unspecified atom stereocenters. The molecule has 2 fully saturated rings. The van der Waals surface area contributed by atoms with Crippen LogP contribution in [0.4, 0.5) is 0 Å². The molecule has 0 spiro atoms. The second-order valence-electron chi connectivity index (χ2n) is 6.35. The van der Waals surface area contributed by atoms with Crippen LogP contribution in [0.3, 0.4) is 0 Å². The maximum absolute atomic E-state index is 5.42. The second kappa shape index (κ2) is 6.85. The molecule has 2 aliphatic heterocycles. The summed E-state index contributed by atoms with van der Waals surface area (Å²) >= 11 is 0. The van der Waals surface area contributed by atoms with Crippen LogP contribution in [0.25, 0.3) is 0 Å². The standard InChI is InChI=1S/C15H27N5O/c1-13-16-17-15(18(13)2)12-19-5-3-14(4-6-19)11-20-7-9-21-10-8-20/h14H,3-12H2,1-2H3. The summed E-state index contributed by atoms with van der Waals surface area (Å²) < 4.78 is 7.52. The van der Waals surface area contributed by atoms with Crippen molar-refractivity contribution >= 4 is 0 Å². The van der Waals surface area contributed by atoms with Gasteiger partial charge in [-0.25, -0.2) is 0 Å². The number of aryl methyl sites for hydroxylation is 1. The quantitative estimate of drug-likeness (QED) is 0.816. The maximum atomic E-state index is 5.42. The van der Waals surface area contributed by atoms with Gasteiger partial charge in [0.25, 0.3) is 0 Å². The third-order valence-corrected chi connectivity index (χ3v) is 4.88. The van der Waals surface area contributed by atoms with E-state index in [9.17, 15) is 0 Å². The zero-order valence-corrected chi connectivity index (χ0v) is 13.3. The highest BCUT2D eigenvalue weighted by Crippen LogP contribution is 2.20. The van der Waals surface area contributed by atoms with Crippen LogP contribution in [-0.2, 0) is 18.3 Å². The zero-order chi connectivity index (χ0) is 14.7. The third kappa shape index (κ3) is 3.81. The number of rotatable bonds is 4. The number of ether oxygens (including phenoxy) is 1. The summed E-state index contributed by atoms with van der Waals surface area (Å²) in [5.74, 6) is 2.92. The first-order chi connectivity index (χ1) is 10.2. The van der Waals surface area contributed by atoms with Crippen LogP contribution in [0.1, 0.15) is 24.5 Å². The number of nitrogens with zero attached hydrogens (tertiary/aromatic N) is 5. The molecule has 1 aromatic heterocycles. The fraction of sp³-hybridized carbons (Fsp3) is 0.867. The van der Waals surface area contributed by atoms with Gasteiger partial charge in [-0.05, 0) is 38.8 Å². The van der Waals surface area contributed by atoms with E-state index in [4.69, 9.17) is 4.74 Å². The van der Waals surface area contributed by atoms with Crippen molar-refractivity contribution in [1.82, 2.24) is 24.6 Å². The second-order valence-corrected chi connectivity index (χ2v) is 6.35. The van der Waals surface area contributed by atoms with Crippen LogP contribution in [0.15, 0.2) is 0 Å². The molecular weight excluding hydrogens is 266 g/mol. The Morgan fingerprint density at radius 1 is 1.05 bits per heavy atom.